The molecule has 33 heavy (non-hydrogen) atoms. The highest BCUT2D eigenvalue weighted by Crippen LogP contribution is 2.30. The second-order valence-corrected chi connectivity index (χ2v) is 7.87. The van der Waals surface area contributed by atoms with Crippen LogP contribution in [0.3, 0.4) is 0 Å². The van der Waals surface area contributed by atoms with Crippen LogP contribution in [0.5, 0.6) is 5.75 Å². The van der Waals surface area contributed by atoms with Gasteiger partial charge in [0.1, 0.15) is 0 Å². The number of carbonyl (C=O) groups is 2. The lowest BCUT2D eigenvalue weighted by molar-refractivity contribution is -0.137. The van der Waals surface area contributed by atoms with Crippen LogP contribution in [0.2, 0.25) is 0 Å². The molecule has 2 amide bonds. The summed E-state index contributed by atoms with van der Waals surface area (Å²) >= 11 is 0. The maximum atomic E-state index is 13.1. The molecule has 178 valence electrons. The third kappa shape index (κ3) is 5.77. The summed E-state index contributed by atoms with van der Waals surface area (Å²) in [5, 5.41) is 0. The molecule has 11 heteroatoms. The average molecular weight is 465 g/mol. The Hall–Kier alpha value is -3.24. The Morgan fingerprint density at radius 1 is 1.24 bits per heavy atom. The van der Waals surface area contributed by atoms with E-state index in [9.17, 15) is 22.8 Å². The van der Waals surface area contributed by atoms with Crippen molar-refractivity contribution in [1.29, 1.82) is 0 Å². The number of Topliss-reactive ketones (excluding diaryl/α,β-unsaturated/α-hetero) is 1. The second kappa shape index (κ2) is 10.1. The lowest BCUT2D eigenvalue weighted by atomic mass is 9.98. The van der Waals surface area contributed by atoms with Crippen molar-refractivity contribution >= 4 is 17.8 Å². The zero-order valence-corrected chi connectivity index (χ0v) is 18.7. The summed E-state index contributed by atoms with van der Waals surface area (Å²) < 4.78 is 44.2. The van der Waals surface area contributed by atoms with E-state index in [1.165, 1.54) is 22.2 Å². The van der Waals surface area contributed by atoms with Crippen molar-refractivity contribution in [2.75, 3.05) is 24.6 Å². The minimum Gasteiger partial charge on any atom is -0.491 e. The first kappa shape index (κ1) is 24.4. The highest BCUT2D eigenvalue weighted by molar-refractivity contribution is 5.96. The first-order valence-corrected chi connectivity index (χ1v) is 10.7. The largest absolute Gasteiger partial charge is 0.491 e. The van der Waals surface area contributed by atoms with Gasteiger partial charge in [0.2, 0.25) is 5.95 Å². The van der Waals surface area contributed by atoms with Gasteiger partial charge >= 0.3 is 12.2 Å². The molecule has 1 fully saturated rings. The molecule has 3 heterocycles. The summed E-state index contributed by atoms with van der Waals surface area (Å²) in [4.78, 5) is 41.0. The van der Waals surface area contributed by atoms with E-state index in [2.05, 4.69) is 15.0 Å². The minimum atomic E-state index is -4.52. The van der Waals surface area contributed by atoms with Gasteiger partial charge in [-0.3, -0.25) is 14.7 Å². The number of anilines is 1. The van der Waals surface area contributed by atoms with Gasteiger partial charge in [-0.2, -0.15) is 13.2 Å². The number of amides is 2. The van der Waals surface area contributed by atoms with E-state index in [-0.39, 0.29) is 36.6 Å². The average Bonchev–Trinajstić information content (AvgIpc) is 3.09. The van der Waals surface area contributed by atoms with Gasteiger partial charge in [0, 0.05) is 11.9 Å². The van der Waals surface area contributed by atoms with Crippen LogP contribution in [0.15, 0.2) is 30.7 Å². The van der Waals surface area contributed by atoms with E-state index in [0.29, 0.717) is 18.9 Å². The predicted molar refractivity (Wildman–Crippen MR) is 114 cm³/mol. The highest BCUT2D eigenvalue weighted by atomic mass is 19.4. The lowest BCUT2D eigenvalue weighted by Gasteiger charge is -2.26. The molecule has 0 bridgehead atoms. The van der Waals surface area contributed by atoms with Gasteiger partial charge in [-0.1, -0.05) is 20.3 Å². The van der Waals surface area contributed by atoms with Gasteiger partial charge in [0.25, 0.3) is 0 Å². The zero-order chi connectivity index (χ0) is 24.2. The Labute approximate surface area is 189 Å². The molecule has 1 saturated heterocycles. The van der Waals surface area contributed by atoms with Crippen molar-refractivity contribution < 1.29 is 27.5 Å². The maximum Gasteiger partial charge on any atom is 0.416 e. The maximum absolute atomic E-state index is 13.1. The number of alkyl halides is 3. The van der Waals surface area contributed by atoms with Crippen LogP contribution in [-0.2, 0) is 17.4 Å². The zero-order valence-electron chi connectivity index (χ0n) is 18.7. The van der Waals surface area contributed by atoms with Crippen LogP contribution < -0.4 is 9.64 Å². The molecule has 0 aromatic carbocycles. The fourth-order valence-corrected chi connectivity index (χ4v) is 3.66. The van der Waals surface area contributed by atoms with Gasteiger partial charge in [-0.05, 0) is 25.0 Å². The number of pyridine rings is 1. The SMILES string of the molecule is CCOc1cnc(N2C[C@H]([C@@H](C)CC)N(CC(=O)Cc3cc(C(F)(F)F)ccn3)C2=O)nc1. The molecule has 1 aliphatic rings. The predicted octanol–water partition coefficient (Wildman–Crippen LogP) is 3.76. The number of hydrogen-bond donors (Lipinski definition) is 0. The van der Waals surface area contributed by atoms with Crippen molar-refractivity contribution in [1.82, 2.24) is 19.9 Å². The molecule has 2 aromatic heterocycles. The van der Waals surface area contributed by atoms with Crippen LogP contribution in [0.1, 0.15) is 38.4 Å². The van der Waals surface area contributed by atoms with Crippen LogP contribution in [0, 0.1) is 5.92 Å². The first-order valence-electron chi connectivity index (χ1n) is 10.7. The smallest absolute Gasteiger partial charge is 0.416 e. The fraction of sp³-hybridized carbons (Fsp3) is 0.500. The van der Waals surface area contributed by atoms with Gasteiger partial charge in [-0.15, -0.1) is 0 Å². The number of nitrogens with zero attached hydrogens (tertiary/aromatic N) is 5. The molecule has 3 rings (SSSR count). The number of ether oxygens (including phenoxy) is 1. The Morgan fingerprint density at radius 3 is 2.55 bits per heavy atom. The van der Waals surface area contributed by atoms with Crippen LogP contribution in [0.25, 0.3) is 0 Å². The number of halogens is 3. The lowest BCUT2D eigenvalue weighted by Crippen LogP contribution is -2.42. The fourth-order valence-electron chi connectivity index (χ4n) is 3.66. The Kier molecular flexibility index (Phi) is 7.50. The quantitative estimate of drug-likeness (QED) is 0.560. The first-order chi connectivity index (χ1) is 15.6. The van der Waals surface area contributed by atoms with Crippen LogP contribution in [-0.4, -0.2) is 57.4 Å². The molecule has 0 radical (unpaired) electrons. The minimum absolute atomic E-state index is 0.00765. The van der Waals surface area contributed by atoms with Crippen molar-refractivity contribution in [2.45, 2.75) is 45.8 Å². The number of carbonyl (C=O) groups excluding carboxylic acids is 2. The molecule has 0 aliphatic carbocycles. The normalized spacial score (nSPS) is 17.4. The molecular weight excluding hydrogens is 439 g/mol. The van der Waals surface area contributed by atoms with Crippen LogP contribution in [0.4, 0.5) is 23.9 Å². The van der Waals surface area contributed by atoms with Gasteiger partial charge < -0.3 is 9.64 Å². The third-order valence-corrected chi connectivity index (χ3v) is 5.58. The van der Waals surface area contributed by atoms with Crippen molar-refractivity contribution in [3.05, 3.63) is 42.0 Å². The highest BCUT2D eigenvalue weighted by Gasteiger charge is 2.42. The van der Waals surface area contributed by atoms with E-state index in [1.807, 2.05) is 20.8 Å². The van der Waals surface area contributed by atoms with Crippen LogP contribution >= 0.6 is 0 Å². The van der Waals surface area contributed by atoms with E-state index in [1.54, 1.807) is 0 Å². The van der Waals surface area contributed by atoms with E-state index < -0.39 is 23.6 Å². The standard InChI is InChI=1S/C22H26F3N5O3/c1-4-14(3)19-13-30(20-27-10-18(11-28-20)33-5-2)21(32)29(19)12-17(31)9-16-8-15(6-7-26-16)22(23,24)25/h6-8,10-11,14,19H,4-5,9,12-13H2,1-3H3/t14-,19+/m0/s1. The number of rotatable bonds is 9. The summed E-state index contributed by atoms with van der Waals surface area (Å²) in [6, 6.07) is 1.02. The van der Waals surface area contributed by atoms with Crippen molar-refractivity contribution in [3.8, 4) is 5.75 Å². The van der Waals surface area contributed by atoms with Crippen molar-refractivity contribution in [3.63, 3.8) is 0 Å². The third-order valence-electron chi connectivity index (χ3n) is 5.58. The molecule has 1 aliphatic heterocycles. The molecule has 0 spiro atoms. The number of urea groups is 1. The Morgan fingerprint density at radius 2 is 1.94 bits per heavy atom. The summed E-state index contributed by atoms with van der Waals surface area (Å²) in [7, 11) is 0. The van der Waals surface area contributed by atoms with Gasteiger partial charge in [0.05, 0.1) is 50.1 Å². The molecule has 2 atom stereocenters. The molecule has 8 nitrogen and oxygen atoms in total. The van der Waals surface area contributed by atoms with E-state index in [0.717, 1.165) is 24.8 Å². The number of ketones is 1. The van der Waals surface area contributed by atoms with E-state index in [4.69, 9.17) is 4.74 Å². The number of hydrogen-bond acceptors (Lipinski definition) is 6. The summed E-state index contributed by atoms with van der Waals surface area (Å²) in [6.07, 6.45) is -0.0732. The second-order valence-electron chi connectivity index (χ2n) is 7.87. The molecule has 0 unspecified atom stereocenters. The number of aromatic nitrogens is 3. The molecule has 2 aromatic rings. The Balaban J connectivity index is 1.75. The van der Waals surface area contributed by atoms with E-state index >= 15 is 0 Å². The molecule has 0 N–H and O–H groups in total. The van der Waals surface area contributed by atoms with Gasteiger partial charge in [-0.25, -0.2) is 14.8 Å². The molecule has 0 saturated carbocycles. The van der Waals surface area contributed by atoms with Crippen molar-refractivity contribution in [2.24, 2.45) is 5.92 Å². The summed E-state index contributed by atoms with van der Waals surface area (Å²) in [5.74, 6) is 0.359. The molecular formula is C22H26F3N5O3. The topological polar surface area (TPSA) is 88.5 Å². The van der Waals surface area contributed by atoms with Gasteiger partial charge in [0.15, 0.2) is 11.5 Å². The monoisotopic (exact) mass is 465 g/mol. The Bertz CT molecular complexity index is 984. The summed E-state index contributed by atoms with van der Waals surface area (Å²) in [5.41, 5.74) is -0.859. The summed E-state index contributed by atoms with van der Waals surface area (Å²) in [6.45, 7) is 6.32.